The molecule has 0 atom stereocenters. The third-order valence-corrected chi connectivity index (χ3v) is 8.34. The fourth-order valence-electron chi connectivity index (χ4n) is 3.38. The third-order valence-electron chi connectivity index (χ3n) is 5.06. The monoisotopic (exact) mass is 465 g/mol. The topological polar surface area (TPSA) is 113 Å². The molecule has 1 aliphatic rings. The lowest BCUT2D eigenvalue weighted by atomic mass is 10.2. The lowest BCUT2D eigenvalue weighted by molar-refractivity contribution is 0.0952. The van der Waals surface area contributed by atoms with Gasteiger partial charge >= 0.3 is 0 Å². The highest BCUT2D eigenvalue weighted by Gasteiger charge is 2.29. The van der Waals surface area contributed by atoms with Crippen LogP contribution in [0.25, 0.3) is 0 Å². The van der Waals surface area contributed by atoms with Crippen molar-refractivity contribution in [3.8, 4) is 0 Å². The first-order chi connectivity index (χ1) is 14.8. The van der Waals surface area contributed by atoms with Gasteiger partial charge in [0.05, 0.1) is 16.2 Å². The molecule has 168 valence electrons. The second kappa shape index (κ2) is 10.4. The number of benzene rings is 2. The van der Waals surface area contributed by atoms with Gasteiger partial charge in [0, 0.05) is 26.2 Å². The van der Waals surface area contributed by atoms with Crippen molar-refractivity contribution in [1.82, 2.24) is 14.3 Å². The Morgan fingerprint density at radius 3 is 2.23 bits per heavy atom. The molecule has 2 N–H and O–H groups in total. The lowest BCUT2D eigenvalue weighted by Crippen LogP contribution is -2.38. The quantitative estimate of drug-likeness (QED) is 0.585. The second-order valence-corrected chi connectivity index (χ2v) is 11.2. The van der Waals surface area contributed by atoms with Crippen LogP contribution in [-0.2, 0) is 26.6 Å². The molecule has 2 aromatic carbocycles. The number of amides is 1. The highest BCUT2D eigenvalue weighted by atomic mass is 32.2. The summed E-state index contributed by atoms with van der Waals surface area (Å²) in [6.07, 6.45) is 2.57. The number of nitrogens with one attached hydrogen (secondary N) is 2. The zero-order valence-corrected chi connectivity index (χ0v) is 18.8. The number of carbonyl (C=O) groups is 1. The van der Waals surface area contributed by atoms with E-state index in [-0.39, 0.29) is 29.3 Å². The van der Waals surface area contributed by atoms with Crippen molar-refractivity contribution in [2.24, 2.45) is 0 Å². The summed E-state index contributed by atoms with van der Waals surface area (Å²) in [4.78, 5) is 12.6. The van der Waals surface area contributed by atoms with Gasteiger partial charge in [0.2, 0.25) is 20.0 Å². The maximum atomic E-state index is 13.0. The van der Waals surface area contributed by atoms with Crippen LogP contribution in [0.4, 0.5) is 0 Å². The predicted molar refractivity (Wildman–Crippen MR) is 118 cm³/mol. The summed E-state index contributed by atoms with van der Waals surface area (Å²) in [5.74, 6) is -0.929. The van der Waals surface area contributed by atoms with Crippen molar-refractivity contribution in [2.45, 2.75) is 30.7 Å². The van der Waals surface area contributed by atoms with Crippen LogP contribution < -0.4 is 10.0 Å². The molecule has 0 spiro atoms. The van der Waals surface area contributed by atoms with E-state index in [0.29, 0.717) is 13.1 Å². The Balaban J connectivity index is 1.61. The molecule has 3 rings (SSSR count). The molecule has 1 fully saturated rings. The predicted octanol–water partition coefficient (Wildman–Crippen LogP) is 1.71. The van der Waals surface area contributed by atoms with Gasteiger partial charge in [-0.3, -0.25) is 4.79 Å². The number of hydrogen-bond donors (Lipinski definition) is 2. The SMILES string of the molecule is O=C(NCCS(=O)(=O)NCc1ccccc1)c1ccccc1S(=O)(=O)N1CCCCC1. The Morgan fingerprint density at radius 2 is 1.52 bits per heavy atom. The van der Waals surface area contributed by atoms with E-state index in [0.717, 1.165) is 24.8 Å². The summed E-state index contributed by atoms with van der Waals surface area (Å²) in [7, 11) is -7.39. The fraction of sp³-hybridized carbons (Fsp3) is 0.381. The van der Waals surface area contributed by atoms with Gasteiger partial charge in [-0.05, 0) is 30.5 Å². The van der Waals surface area contributed by atoms with Crippen molar-refractivity contribution in [2.75, 3.05) is 25.4 Å². The van der Waals surface area contributed by atoms with Crippen molar-refractivity contribution < 1.29 is 21.6 Å². The molecule has 2 aromatic rings. The summed E-state index contributed by atoms with van der Waals surface area (Å²) in [5.41, 5.74) is 0.842. The number of piperidine rings is 1. The molecular formula is C21H27N3O5S2. The highest BCUT2D eigenvalue weighted by Crippen LogP contribution is 2.23. The van der Waals surface area contributed by atoms with Crippen molar-refractivity contribution >= 4 is 26.0 Å². The molecule has 1 amide bonds. The van der Waals surface area contributed by atoms with Gasteiger partial charge in [-0.1, -0.05) is 48.9 Å². The van der Waals surface area contributed by atoms with E-state index < -0.39 is 26.0 Å². The first-order valence-electron chi connectivity index (χ1n) is 10.2. The molecular weight excluding hydrogens is 438 g/mol. The van der Waals surface area contributed by atoms with Crippen LogP contribution in [0.5, 0.6) is 0 Å². The van der Waals surface area contributed by atoms with Crippen LogP contribution in [0.2, 0.25) is 0 Å². The molecule has 31 heavy (non-hydrogen) atoms. The lowest BCUT2D eigenvalue weighted by Gasteiger charge is -2.26. The minimum atomic E-state index is -3.79. The highest BCUT2D eigenvalue weighted by molar-refractivity contribution is 7.89. The molecule has 0 aromatic heterocycles. The average molecular weight is 466 g/mol. The molecule has 10 heteroatoms. The van der Waals surface area contributed by atoms with E-state index in [2.05, 4.69) is 10.0 Å². The summed E-state index contributed by atoms with van der Waals surface area (Å²) >= 11 is 0. The van der Waals surface area contributed by atoms with Crippen LogP contribution >= 0.6 is 0 Å². The fourth-order valence-corrected chi connectivity index (χ4v) is 5.99. The van der Waals surface area contributed by atoms with Gasteiger partial charge in [-0.15, -0.1) is 0 Å². The summed E-state index contributed by atoms with van der Waals surface area (Å²) in [6, 6.07) is 15.1. The maximum Gasteiger partial charge on any atom is 0.252 e. The first-order valence-corrected chi connectivity index (χ1v) is 13.3. The minimum absolute atomic E-state index is 0.0164. The normalized spacial score (nSPS) is 15.5. The van der Waals surface area contributed by atoms with E-state index in [1.807, 2.05) is 30.3 Å². The minimum Gasteiger partial charge on any atom is -0.351 e. The number of hydrogen-bond acceptors (Lipinski definition) is 5. The van der Waals surface area contributed by atoms with E-state index in [1.165, 1.54) is 16.4 Å². The van der Waals surface area contributed by atoms with Gasteiger partial charge in [0.25, 0.3) is 5.91 Å². The van der Waals surface area contributed by atoms with E-state index >= 15 is 0 Å². The van der Waals surface area contributed by atoms with Crippen LogP contribution in [0, 0.1) is 0 Å². The molecule has 0 aliphatic carbocycles. The van der Waals surface area contributed by atoms with Crippen LogP contribution in [0.1, 0.15) is 35.2 Å². The van der Waals surface area contributed by atoms with Gasteiger partial charge in [0.15, 0.2) is 0 Å². The standard InChI is InChI=1S/C21H27N3O5S2/c25-21(22-13-16-30(26,27)23-17-18-9-3-1-4-10-18)19-11-5-6-12-20(19)31(28,29)24-14-7-2-8-15-24/h1,3-6,9-12,23H,2,7-8,13-17H2,(H,22,25). The zero-order chi connectivity index (χ0) is 22.3. The molecule has 1 heterocycles. The van der Waals surface area contributed by atoms with Crippen molar-refractivity contribution in [3.05, 3.63) is 65.7 Å². The molecule has 0 unspecified atom stereocenters. The Labute approximate surface area is 183 Å². The summed E-state index contributed by atoms with van der Waals surface area (Å²) in [6.45, 7) is 0.891. The van der Waals surface area contributed by atoms with Crippen molar-refractivity contribution in [3.63, 3.8) is 0 Å². The molecule has 0 saturated carbocycles. The van der Waals surface area contributed by atoms with E-state index in [1.54, 1.807) is 12.1 Å². The van der Waals surface area contributed by atoms with Crippen LogP contribution in [0.15, 0.2) is 59.5 Å². The Bertz CT molecular complexity index is 1100. The maximum absolute atomic E-state index is 13.0. The van der Waals surface area contributed by atoms with Gasteiger partial charge < -0.3 is 5.32 Å². The van der Waals surface area contributed by atoms with Crippen LogP contribution in [0.3, 0.4) is 0 Å². The third kappa shape index (κ3) is 6.36. The second-order valence-electron chi connectivity index (χ2n) is 7.34. The number of nitrogens with zero attached hydrogens (tertiary/aromatic N) is 1. The summed E-state index contributed by atoms with van der Waals surface area (Å²) in [5, 5.41) is 2.53. The molecule has 0 radical (unpaired) electrons. The van der Waals surface area contributed by atoms with E-state index in [9.17, 15) is 21.6 Å². The largest absolute Gasteiger partial charge is 0.351 e. The Morgan fingerprint density at radius 1 is 0.871 bits per heavy atom. The smallest absolute Gasteiger partial charge is 0.252 e. The molecule has 1 aliphatic heterocycles. The molecule has 1 saturated heterocycles. The molecule has 0 bridgehead atoms. The average Bonchev–Trinajstić information content (AvgIpc) is 2.79. The zero-order valence-electron chi connectivity index (χ0n) is 17.2. The Hall–Kier alpha value is -2.27. The van der Waals surface area contributed by atoms with Crippen LogP contribution in [-0.4, -0.2) is 52.4 Å². The number of carbonyl (C=O) groups excluding carboxylic acids is 1. The van der Waals surface area contributed by atoms with E-state index in [4.69, 9.17) is 0 Å². The number of sulfonamides is 2. The Kier molecular flexibility index (Phi) is 7.82. The summed E-state index contributed by atoms with van der Waals surface area (Å²) < 4.78 is 54.3. The first kappa shape index (κ1) is 23.4. The van der Waals surface area contributed by atoms with Gasteiger partial charge in [-0.2, -0.15) is 4.31 Å². The molecule has 8 nitrogen and oxygen atoms in total. The number of rotatable bonds is 9. The van der Waals surface area contributed by atoms with Gasteiger partial charge in [-0.25, -0.2) is 21.6 Å². The van der Waals surface area contributed by atoms with Crippen molar-refractivity contribution in [1.29, 1.82) is 0 Å². The van der Waals surface area contributed by atoms with Gasteiger partial charge in [0.1, 0.15) is 0 Å².